The number of nitrogens with one attached hydrogen (secondary N) is 2. The molecule has 4 N–H and O–H groups in total. The third kappa shape index (κ3) is 5.97. The molecule has 0 saturated carbocycles. The average molecular weight is 357 g/mol. The summed E-state index contributed by atoms with van der Waals surface area (Å²) >= 11 is 0. The number of hydrogen-bond donors (Lipinski definition) is 3. The molecule has 0 bridgehead atoms. The van der Waals surface area contributed by atoms with Gasteiger partial charge in [-0.2, -0.15) is 0 Å². The highest BCUT2D eigenvalue weighted by Crippen LogP contribution is 2.11. The second kappa shape index (κ2) is 9.10. The summed E-state index contributed by atoms with van der Waals surface area (Å²) in [6, 6.07) is 11.9. The number of hydrogen-bond acceptors (Lipinski definition) is 3. The zero-order chi connectivity index (χ0) is 19.1. The van der Waals surface area contributed by atoms with Crippen LogP contribution in [-0.2, 0) is 11.3 Å². The lowest BCUT2D eigenvalue weighted by molar-refractivity contribution is -0.122. The van der Waals surface area contributed by atoms with Crippen molar-refractivity contribution in [2.24, 2.45) is 11.7 Å². The Morgan fingerprint density at radius 1 is 1.04 bits per heavy atom. The minimum Gasteiger partial charge on any atom is -0.351 e. The van der Waals surface area contributed by atoms with Crippen LogP contribution in [0.5, 0.6) is 0 Å². The van der Waals surface area contributed by atoms with Crippen LogP contribution in [0.4, 0.5) is 10.1 Å². The number of carbonyl (C=O) groups is 2. The standard InChI is InChI=1S/C20H24FN3O2/c1-13(2)11-18(22)20(26)23-12-14-3-5-15(6-4-14)19(25)24-17-9-7-16(21)8-10-17/h3-10,13,18H,11-12,22H2,1-2H3,(H,23,26)(H,24,25)/t18-/m0/s1. The lowest BCUT2D eigenvalue weighted by Crippen LogP contribution is -2.41. The van der Waals surface area contributed by atoms with Gasteiger partial charge in [-0.1, -0.05) is 26.0 Å². The minimum atomic E-state index is -0.518. The first kappa shape index (κ1) is 19.6. The first-order chi connectivity index (χ1) is 12.3. The molecular formula is C20H24FN3O2. The highest BCUT2D eigenvalue weighted by molar-refractivity contribution is 6.04. The normalized spacial score (nSPS) is 11.9. The van der Waals surface area contributed by atoms with Crippen LogP contribution in [0, 0.1) is 11.7 Å². The van der Waals surface area contributed by atoms with E-state index in [0.717, 1.165) is 5.56 Å². The fourth-order valence-electron chi connectivity index (χ4n) is 2.45. The molecule has 1 atom stereocenters. The summed E-state index contributed by atoms with van der Waals surface area (Å²) in [7, 11) is 0. The third-order valence-electron chi connectivity index (χ3n) is 3.85. The van der Waals surface area contributed by atoms with Gasteiger partial charge in [0.1, 0.15) is 5.82 Å². The maximum atomic E-state index is 12.9. The van der Waals surface area contributed by atoms with Gasteiger partial charge in [-0.25, -0.2) is 4.39 Å². The fraction of sp³-hybridized carbons (Fsp3) is 0.300. The van der Waals surface area contributed by atoms with E-state index in [-0.39, 0.29) is 17.6 Å². The molecule has 0 heterocycles. The van der Waals surface area contributed by atoms with Crippen LogP contribution in [0.1, 0.15) is 36.2 Å². The van der Waals surface area contributed by atoms with Gasteiger partial charge in [0.15, 0.2) is 0 Å². The molecule has 26 heavy (non-hydrogen) atoms. The van der Waals surface area contributed by atoms with Gasteiger partial charge in [0.2, 0.25) is 5.91 Å². The summed E-state index contributed by atoms with van der Waals surface area (Å²) in [6.45, 7) is 4.39. The van der Waals surface area contributed by atoms with Gasteiger partial charge in [-0.05, 0) is 54.3 Å². The van der Waals surface area contributed by atoms with Crippen LogP contribution in [-0.4, -0.2) is 17.9 Å². The fourth-order valence-corrected chi connectivity index (χ4v) is 2.45. The van der Waals surface area contributed by atoms with Crippen LogP contribution in [0.15, 0.2) is 48.5 Å². The molecule has 0 fully saturated rings. The zero-order valence-corrected chi connectivity index (χ0v) is 15.0. The molecule has 0 aliphatic carbocycles. The predicted octanol–water partition coefficient (Wildman–Crippen LogP) is 3.07. The molecule has 0 aromatic heterocycles. The van der Waals surface area contributed by atoms with E-state index < -0.39 is 6.04 Å². The van der Waals surface area contributed by atoms with Gasteiger partial charge < -0.3 is 16.4 Å². The molecule has 5 nitrogen and oxygen atoms in total. The monoisotopic (exact) mass is 357 g/mol. The Kier molecular flexibility index (Phi) is 6.86. The quantitative estimate of drug-likeness (QED) is 0.712. The number of amides is 2. The summed E-state index contributed by atoms with van der Waals surface area (Å²) in [5, 5.41) is 5.49. The Hall–Kier alpha value is -2.73. The highest BCUT2D eigenvalue weighted by atomic mass is 19.1. The molecule has 0 radical (unpaired) electrons. The van der Waals surface area contributed by atoms with Crippen LogP contribution in [0.25, 0.3) is 0 Å². The third-order valence-corrected chi connectivity index (χ3v) is 3.85. The van der Waals surface area contributed by atoms with Crippen molar-refractivity contribution in [2.45, 2.75) is 32.9 Å². The molecule has 0 unspecified atom stereocenters. The lowest BCUT2D eigenvalue weighted by Gasteiger charge is -2.14. The number of anilines is 1. The lowest BCUT2D eigenvalue weighted by atomic mass is 10.0. The van der Waals surface area contributed by atoms with Crippen LogP contribution in [0.2, 0.25) is 0 Å². The van der Waals surface area contributed by atoms with Crippen molar-refractivity contribution in [1.29, 1.82) is 0 Å². The van der Waals surface area contributed by atoms with Gasteiger partial charge in [-0.3, -0.25) is 9.59 Å². The van der Waals surface area contributed by atoms with Crippen molar-refractivity contribution >= 4 is 17.5 Å². The maximum Gasteiger partial charge on any atom is 0.255 e. The largest absolute Gasteiger partial charge is 0.351 e. The smallest absolute Gasteiger partial charge is 0.255 e. The Morgan fingerprint density at radius 3 is 2.23 bits per heavy atom. The van der Waals surface area contributed by atoms with Crippen molar-refractivity contribution in [3.63, 3.8) is 0 Å². The maximum absolute atomic E-state index is 12.9. The van der Waals surface area contributed by atoms with Crippen LogP contribution >= 0.6 is 0 Å². The Bertz CT molecular complexity index is 743. The van der Waals surface area contributed by atoms with Crippen molar-refractivity contribution in [3.8, 4) is 0 Å². The molecule has 0 aliphatic rings. The van der Waals surface area contributed by atoms with Crippen LogP contribution < -0.4 is 16.4 Å². The second-order valence-corrected chi connectivity index (χ2v) is 6.61. The minimum absolute atomic E-state index is 0.183. The van der Waals surface area contributed by atoms with Crippen molar-refractivity contribution < 1.29 is 14.0 Å². The summed E-state index contributed by atoms with van der Waals surface area (Å²) in [4.78, 5) is 24.1. The van der Waals surface area contributed by atoms with Crippen LogP contribution in [0.3, 0.4) is 0 Å². The van der Waals surface area contributed by atoms with E-state index in [0.29, 0.717) is 30.1 Å². The molecular weight excluding hydrogens is 333 g/mol. The Labute approximate surface area is 152 Å². The number of rotatable bonds is 7. The molecule has 6 heteroatoms. The van der Waals surface area contributed by atoms with Gasteiger partial charge in [0.05, 0.1) is 6.04 Å². The van der Waals surface area contributed by atoms with E-state index in [1.807, 2.05) is 13.8 Å². The summed E-state index contributed by atoms with van der Waals surface area (Å²) in [5.41, 5.74) is 7.70. The van der Waals surface area contributed by atoms with E-state index >= 15 is 0 Å². The molecule has 0 aliphatic heterocycles. The number of carbonyl (C=O) groups excluding carboxylic acids is 2. The van der Waals surface area contributed by atoms with E-state index in [1.165, 1.54) is 24.3 Å². The molecule has 0 saturated heterocycles. The van der Waals surface area contributed by atoms with Gasteiger partial charge >= 0.3 is 0 Å². The topological polar surface area (TPSA) is 84.2 Å². The summed E-state index contributed by atoms with van der Waals surface area (Å²) < 4.78 is 12.9. The molecule has 2 rings (SSSR count). The van der Waals surface area contributed by atoms with E-state index in [9.17, 15) is 14.0 Å². The highest BCUT2D eigenvalue weighted by Gasteiger charge is 2.14. The van der Waals surface area contributed by atoms with E-state index in [4.69, 9.17) is 5.73 Å². The van der Waals surface area contributed by atoms with Gasteiger partial charge in [-0.15, -0.1) is 0 Å². The second-order valence-electron chi connectivity index (χ2n) is 6.61. The van der Waals surface area contributed by atoms with Gasteiger partial charge in [0, 0.05) is 17.8 Å². The number of benzene rings is 2. The predicted molar refractivity (Wildman–Crippen MR) is 100 cm³/mol. The first-order valence-corrected chi connectivity index (χ1v) is 8.54. The van der Waals surface area contributed by atoms with E-state index in [2.05, 4.69) is 10.6 Å². The van der Waals surface area contributed by atoms with Crippen molar-refractivity contribution in [3.05, 3.63) is 65.5 Å². The van der Waals surface area contributed by atoms with Crippen molar-refractivity contribution in [2.75, 3.05) is 5.32 Å². The molecule has 2 aromatic rings. The first-order valence-electron chi connectivity index (χ1n) is 8.54. The molecule has 0 spiro atoms. The Morgan fingerprint density at radius 2 is 1.65 bits per heavy atom. The average Bonchev–Trinajstić information content (AvgIpc) is 2.61. The van der Waals surface area contributed by atoms with Gasteiger partial charge in [0.25, 0.3) is 5.91 Å². The summed E-state index contributed by atoms with van der Waals surface area (Å²) in [6.07, 6.45) is 0.633. The number of nitrogens with two attached hydrogens (primary N) is 1. The zero-order valence-electron chi connectivity index (χ0n) is 15.0. The summed E-state index contributed by atoms with van der Waals surface area (Å²) in [5.74, 6) is -0.472. The van der Waals surface area contributed by atoms with E-state index in [1.54, 1.807) is 24.3 Å². The SMILES string of the molecule is CC(C)C[C@H](N)C(=O)NCc1ccc(C(=O)Nc2ccc(F)cc2)cc1. The molecule has 2 amide bonds. The Balaban J connectivity index is 1.88. The van der Waals surface area contributed by atoms with Crippen molar-refractivity contribution in [1.82, 2.24) is 5.32 Å². The molecule has 2 aromatic carbocycles. The molecule has 138 valence electrons. The number of halogens is 1.